The fourth-order valence-corrected chi connectivity index (χ4v) is 3.37. The average Bonchev–Trinajstić information content (AvgIpc) is 2.95. The van der Waals surface area contributed by atoms with Crippen LogP contribution in [0.5, 0.6) is 0 Å². The molecule has 0 bridgehead atoms. The first-order chi connectivity index (χ1) is 11.1. The van der Waals surface area contributed by atoms with Gasteiger partial charge in [0.15, 0.2) is 0 Å². The van der Waals surface area contributed by atoms with Gasteiger partial charge in [-0.3, -0.25) is 14.2 Å². The lowest BCUT2D eigenvalue weighted by Gasteiger charge is -2.10. The highest BCUT2D eigenvalue weighted by atomic mass is 35.5. The molecule has 0 N–H and O–H groups in total. The molecule has 0 fully saturated rings. The third-order valence-electron chi connectivity index (χ3n) is 4.06. The van der Waals surface area contributed by atoms with E-state index in [0.29, 0.717) is 11.6 Å². The monoisotopic (exact) mass is 325 g/mol. The van der Waals surface area contributed by atoms with Crippen molar-refractivity contribution in [3.63, 3.8) is 0 Å². The fraction of sp³-hybridized carbons (Fsp3) is 0.235. The summed E-state index contributed by atoms with van der Waals surface area (Å²) in [5.41, 5.74) is 4.71. The molecule has 116 valence electrons. The Hall–Kier alpha value is -2.40. The molecule has 23 heavy (non-hydrogen) atoms. The number of aromatic nitrogens is 4. The minimum Gasteiger partial charge on any atom is -0.286 e. The largest absolute Gasteiger partial charge is 0.286 e. The Labute approximate surface area is 139 Å². The van der Waals surface area contributed by atoms with Gasteiger partial charge >= 0.3 is 0 Å². The molecule has 0 amide bonds. The van der Waals surface area contributed by atoms with Crippen molar-refractivity contribution in [2.75, 3.05) is 0 Å². The van der Waals surface area contributed by atoms with E-state index in [0.717, 1.165) is 39.9 Å². The van der Waals surface area contributed by atoms with E-state index in [1.807, 2.05) is 56.0 Å². The summed E-state index contributed by atoms with van der Waals surface area (Å²) in [5, 5.41) is 5.28. The zero-order valence-electron chi connectivity index (χ0n) is 13.2. The lowest BCUT2D eigenvalue weighted by molar-refractivity contribution is 0.708. The Balaban J connectivity index is 2.04. The van der Waals surface area contributed by atoms with Gasteiger partial charge in [-0.05, 0) is 19.9 Å². The number of nitrogens with zero attached hydrogens (tertiary/aromatic N) is 5. The molecule has 0 spiro atoms. The van der Waals surface area contributed by atoms with E-state index in [1.54, 1.807) is 0 Å². The van der Waals surface area contributed by atoms with Crippen LogP contribution in [-0.4, -0.2) is 25.0 Å². The molecule has 0 unspecified atom stereocenters. The summed E-state index contributed by atoms with van der Waals surface area (Å²) in [6.45, 7) is 4.51. The molecule has 6 heteroatoms. The molecule has 0 saturated carbocycles. The molecule has 1 aliphatic rings. The molecule has 0 aliphatic carbocycles. The van der Waals surface area contributed by atoms with Gasteiger partial charge in [0.1, 0.15) is 11.6 Å². The van der Waals surface area contributed by atoms with Crippen molar-refractivity contribution < 1.29 is 0 Å². The average molecular weight is 326 g/mol. The standard InChI is InChI=1S/C17H16ClN5/c1-10-9-23-14(20-10)8-19-16(12-6-4-5-7-13(12)18)15-11(2)21-22(3)17(15)23/h4-7,9H,8H2,1-3H3. The topological polar surface area (TPSA) is 48.0 Å². The summed E-state index contributed by atoms with van der Waals surface area (Å²) in [5.74, 6) is 1.89. The number of aliphatic imine (C=N–C) groups is 1. The van der Waals surface area contributed by atoms with Gasteiger partial charge in [0, 0.05) is 23.8 Å². The van der Waals surface area contributed by atoms with Crippen LogP contribution < -0.4 is 0 Å². The maximum Gasteiger partial charge on any atom is 0.146 e. The third-order valence-corrected chi connectivity index (χ3v) is 4.39. The van der Waals surface area contributed by atoms with Crippen molar-refractivity contribution in [1.82, 2.24) is 19.3 Å². The molecular weight excluding hydrogens is 310 g/mol. The molecule has 1 aliphatic heterocycles. The SMILES string of the molecule is Cc1cn2c(n1)CN=C(c1ccccc1Cl)c1c(C)nn(C)c1-2. The molecule has 2 aromatic heterocycles. The number of aryl methyl sites for hydroxylation is 3. The van der Waals surface area contributed by atoms with Crippen LogP contribution in [0.1, 0.15) is 28.3 Å². The van der Waals surface area contributed by atoms with Crippen LogP contribution in [0.2, 0.25) is 5.02 Å². The lowest BCUT2D eigenvalue weighted by Crippen LogP contribution is -2.09. The smallest absolute Gasteiger partial charge is 0.146 e. The Morgan fingerprint density at radius 3 is 2.74 bits per heavy atom. The first kappa shape index (κ1) is 14.2. The van der Waals surface area contributed by atoms with Gasteiger partial charge in [-0.15, -0.1) is 0 Å². The number of benzene rings is 1. The highest BCUT2D eigenvalue weighted by molar-refractivity contribution is 6.35. The van der Waals surface area contributed by atoms with Crippen LogP contribution in [0.4, 0.5) is 0 Å². The van der Waals surface area contributed by atoms with E-state index < -0.39 is 0 Å². The van der Waals surface area contributed by atoms with Crippen molar-refractivity contribution in [3.05, 3.63) is 63.8 Å². The Morgan fingerprint density at radius 2 is 1.96 bits per heavy atom. The van der Waals surface area contributed by atoms with E-state index in [1.165, 1.54) is 0 Å². The zero-order chi connectivity index (χ0) is 16.1. The minimum atomic E-state index is 0.516. The van der Waals surface area contributed by atoms with E-state index in [9.17, 15) is 0 Å². The summed E-state index contributed by atoms with van der Waals surface area (Å²) in [6.07, 6.45) is 2.03. The van der Waals surface area contributed by atoms with Crippen LogP contribution >= 0.6 is 11.6 Å². The van der Waals surface area contributed by atoms with Crippen LogP contribution in [0.15, 0.2) is 35.5 Å². The Bertz CT molecular complexity index is 948. The van der Waals surface area contributed by atoms with Gasteiger partial charge in [0.2, 0.25) is 0 Å². The van der Waals surface area contributed by atoms with Crippen LogP contribution in [0.25, 0.3) is 5.82 Å². The number of rotatable bonds is 1. The normalized spacial score (nSPS) is 13.3. The van der Waals surface area contributed by atoms with Crippen molar-refractivity contribution in [3.8, 4) is 5.82 Å². The predicted molar refractivity (Wildman–Crippen MR) is 90.6 cm³/mol. The number of hydrogen-bond acceptors (Lipinski definition) is 3. The predicted octanol–water partition coefficient (Wildman–Crippen LogP) is 3.23. The van der Waals surface area contributed by atoms with E-state index in [2.05, 4.69) is 14.6 Å². The van der Waals surface area contributed by atoms with Crippen LogP contribution in [0.3, 0.4) is 0 Å². The van der Waals surface area contributed by atoms with E-state index >= 15 is 0 Å². The maximum absolute atomic E-state index is 6.42. The number of imidazole rings is 1. The van der Waals surface area contributed by atoms with E-state index in [4.69, 9.17) is 16.6 Å². The van der Waals surface area contributed by atoms with Crippen molar-refractivity contribution >= 4 is 17.3 Å². The summed E-state index contributed by atoms with van der Waals surface area (Å²) >= 11 is 6.42. The van der Waals surface area contributed by atoms with Crippen molar-refractivity contribution in [2.24, 2.45) is 12.0 Å². The van der Waals surface area contributed by atoms with Crippen molar-refractivity contribution in [1.29, 1.82) is 0 Å². The minimum absolute atomic E-state index is 0.516. The third kappa shape index (κ3) is 2.11. The van der Waals surface area contributed by atoms with Crippen molar-refractivity contribution in [2.45, 2.75) is 20.4 Å². The molecule has 0 radical (unpaired) electrons. The summed E-state index contributed by atoms with van der Waals surface area (Å²) in [7, 11) is 1.94. The lowest BCUT2D eigenvalue weighted by atomic mass is 10.0. The van der Waals surface area contributed by atoms with Gasteiger partial charge in [0.05, 0.1) is 29.2 Å². The number of halogens is 1. The summed E-state index contributed by atoms with van der Waals surface area (Å²) in [4.78, 5) is 9.41. The molecule has 3 heterocycles. The highest BCUT2D eigenvalue weighted by Gasteiger charge is 2.26. The molecule has 4 rings (SSSR count). The zero-order valence-corrected chi connectivity index (χ0v) is 14.0. The molecule has 0 atom stereocenters. The summed E-state index contributed by atoms with van der Waals surface area (Å²) in [6, 6.07) is 7.78. The van der Waals surface area contributed by atoms with Crippen LogP contribution in [-0.2, 0) is 13.6 Å². The van der Waals surface area contributed by atoms with Gasteiger partial charge in [0.25, 0.3) is 0 Å². The Morgan fingerprint density at radius 1 is 1.17 bits per heavy atom. The summed E-state index contributed by atoms with van der Waals surface area (Å²) < 4.78 is 3.96. The molecular formula is C17H16ClN5. The molecule has 3 aromatic rings. The van der Waals surface area contributed by atoms with Gasteiger partial charge in [-0.2, -0.15) is 5.10 Å². The Kier molecular flexibility index (Phi) is 3.13. The molecule has 0 saturated heterocycles. The maximum atomic E-state index is 6.42. The number of fused-ring (bicyclic) bond motifs is 3. The van der Waals surface area contributed by atoms with Crippen LogP contribution in [0, 0.1) is 13.8 Å². The van der Waals surface area contributed by atoms with Gasteiger partial charge in [-0.25, -0.2) is 4.98 Å². The fourth-order valence-electron chi connectivity index (χ4n) is 3.14. The van der Waals surface area contributed by atoms with Gasteiger partial charge < -0.3 is 0 Å². The second-order valence-corrected chi connectivity index (χ2v) is 6.13. The first-order valence-corrected chi connectivity index (χ1v) is 7.82. The quantitative estimate of drug-likeness (QED) is 0.689. The van der Waals surface area contributed by atoms with Gasteiger partial charge in [-0.1, -0.05) is 29.8 Å². The second kappa shape index (κ2) is 5.06. The first-order valence-electron chi connectivity index (χ1n) is 7.45. The van der Waals surface area contributed by atoms with E-state index in [-0.39, 0.29) is 0 Å². The molecule has 5 nitrogen and oxygen atoms in total. The number of hydrogen-bond donors (Lipinski definition) is 0. The highest BCUT2D eigenvalue weighted by Crippen LogP contribution is 2.29. The molecule has 1 aromatic carbocycles. The second-order valence-electron chi connectivity index (χ2n) is 5.72.